The van der Waals surface area contributed by atoms with Crippen LogP contribution in [0.15, 0.2) is 18.5 Å². The Morgan fingerprint density at radius 3 is 2.72 bits per heavy atom. The summed E-state index contributed by atoms with van der Waals surface area (Å²) < 4.78 is 28.9. The number of aromatic nitrogens is 4. The summed E-state index contributed by atoms with van der Waals surface area (Å²) in [6.07, 6.45) is 7.84. The summed E-state index contributed by atoms with van der Waals surface area (Å²) in [5.41, 5.74) is 2.66. The third-order valence-corrected chi connectivity index (χ3v) is 10.5. The Morgan fingerprint density at radius 2 is 2.00 bits per heavy atom. The largest absolute Gasteiger partial charge is 0.395 e. The molecule has 5 N–H and O–H groups in total. The van der Waals surface area contributed by atoms with E-state index < -0.39 is 10.2 Å². The topological polar surface area (TPSA) is 156 Å². The van der Waals surface area contributed by atoms with Crippen molar-refractivity contribution in [2.45, 2.75) is 50.2 Å². The van der Waals surface area contributed by atoms with Crippen LogP contribution in [0.4, 0.5) is 5.69 Å². The number of hydrogen-bond acceptors (Lipinski definition) is 9. The normalized spacial score (nSPS) is 28.8. The molecule has 3 aromatic heterocycles. The maximum absolute atomic E-state index is 12.5. The van der Waals surface area contributed by atoms with Crippen LogP contribution in [-0.4, -0.2) is 81.5 Å². The molecule has 0 aromatic carbocycles. The maximum atomic E-state index is 12.5. The van der Waals surface area contributed by atoms with Gasteiger partial charge in [0.15, 0.2) is 5.01 Å². The average molecular weight is 534 g/mol. The Balaban J connectivity index is 1.21. The zero-order valence-corrected chi connectivity index (χ0v) is 21.4. The van der Waals surface area contributed by atoms with Crippen LogP contribution in [0.2, 0.25) is 0 Å². The summed E-state index contributed by atoms with van der Waals surface area (Å²) >= 11 is 1.53. The molecular formula is C23H31N7O4S2. The quantitative estimate of drug-likeness (QED) is 0.293. The number of aromatic amines is 1. The SMILES string of the molecule is O=S(=O)(NCCO)N1C[C@H]2CC(Nc3c(-c4nnc(C5CCCC5O)s4)cnc4[nH]ccc34)C[C@H]2C1. The number of H-pyrrole nitrogens is 1. The molecule has 2 aliphatic carbocycles. The number of nitrogens with one attached hydrogen (secondary N) is 3. The lowest BCUT2D eigenvalue weighted by atomic mass is 10.0. The molecule has 13 heteroatoms. The molecule has 6 rings (SSSR count). The number of aliphatic hydroxyl groups is 2. The first kappa shape index (κ1) is 24.2. The Morgan fingerprint density at radius 1 is 1.19 bits per heavy atom. The highest BCUT2D eigenvalue weighted by Gasteiger charge is 2.44. The molecule has 0 spiro atoms. The highest BCUT2D eigenvalue weighted by atomic mass is 32.2. The van der Waals surface area contributed by atoms with Gasteiger partial charge in [-0.05, 0) is 43.6 Å². The smallest absolute Gasteiger partial charge is 0.279 e. The fourth-order valence-corrected chi connectivity index (χ4v) is 8.45. The number of fused-ring (bicyclic) bond motifs is 2. The molecule has 0 radical (unpaired) electrons. The van der Waals surface area contributed by atoms with Gasteiger partial charge in [0, 0.05) is 49.4 Å². The molecular weight excluding hydrogens is 502 g/mol. The van der Waals surface area contributed by atoms with Crippen LogP contribution in [-0.2, 0) is 10.2 Å². The molecule has 2 saturated carbocycles. The maximum Gasteiger partial charge on any atom is 0.279 e. The molecule has 1 saturated heterocycles. The van der Waals surface area contributed by atoms with Gasteiger partial charge < -0.3 is 20.5 Å². The van der Waals surface area contributed by atoms with Crippen LogP contribution in [0.5, 0.6) is 0 Å². The molecule has 5 atom stereocenters. The van der Waals surface area contributed by atoms with E-state index in [0.29, 0.717) is 13.1 Å². The number of rotatable bonds is 8. The van der Waals surface area contributed by atoms with Gasteiger partial charge in [-0.15, -0.1) is 10.2 Å². The number of aliphatic hydroxyl groups excluding tert-OH is 2. The Kier molecular flexibility index (Phi) is 6.46. The average Bonchev–Trinajstić information content (AvgIpc) is 3.65. The first-order valence-electron chi connectivity index (χ1n) is 12.5. The molecule has 36 heavy (non-hydrogen) atoms. The van der Waals surface area contributed by atoms with Crippen molar-refractivity contribution in [2.75, 3.05) is 31.6 Å². The van der Waals surface area contributed by atoms with E-state index in [2.05, 4.69) is 30.2 Å². The number of pyridine rings is 1. The van der Waals surface area contributed by atoms with Crippen molar-refractivity contribution in [1.82, 2.24) is 29.2 Å². The second kappa shape index (κ2) is 9.62. The summed E-state index contributed by atoms with van der Waals surface area (Å²) in [4.78, 5) is 7.77. The standard InChI is InChI=1S/C23H31N7O4S2/c31-7-6-26-36(33,34)30-11-13-8-15(9-14(13)12-30)27-20-17-4-5-24-21(17)25-10-18(20)23-29-28-22(35-23)16-2-1-3-19(16)32/h4-5,10,13-16,19,26,31-32H,1-3,6-9,11-12H2,(H2,24,25,27)/t13-,14+,15?,16?,19?. The lowest BCUT2D eigenvalue weighted by molar-refractivity contribution is 0.163. The summed E-state index contributed by atoms with van der Waals surface area (Å²) in [7, 11) is -3.55. The molecule has 0 bridgehead atoms. The van der Waals surface area contributed by atoms with Crippen LogP contribution in [0.3, 0.4) is 0 Å². The van der Waals surface area contributed by atoms with Crippen LogP contribution < -0.4 is 10.0 Å². The minimum Gasteiger partial charge on any atom is -0.395 e. The van der Waals surface area contributed by atoms with Crippen molar-refractivity contribution in [3.8, 4) is 10.6 Å². The van der Waals surface area contributed by atoms with E-state index in [9.17, 15) is 13.5 Å². The molecule has 11 nitrogen and oxygen atoms in total. The summed E-state index contributed by atoms with van der Waals surface area (Å²) in [5, 5.41) is 34.6. The fourth-order valence-electron chi connectivity index (χ4n) is 6.09. The highest BCUT2D eigenvalue weighted by molar-refractivity contribution is 7.87. The van der Waals surface area contributed by atoms with Crippen LogP contribution in [0, 0.1) is 11.8 Å². The molecule has 0 amide bonds. The summed E-state index contributed by atoms with van der Waals surface area (Å²) in [6, 6.07) is 2.21. The van der Waals surface area contributed by atoms with Crippen LogP contribution in [0.25, 0.3) is 21.6 Å². The van der Waals surface area contributed by atoms with Gasteiger partial charge >= 0.3 is 0 Å². The molecule has 4 heterocycles. The van der Waals surface area contributed by atoms with Crippen LogP contribution >= 0.6 is 11.3 Å². The second-order valence-corrected chi connectivity index (χ2v) is 12.9. The lowest BCUT2D eigenvalue weighted by Crippen LogP contribution is -2.41. The molecule has 194 valence electrons. The zero-order chi connectivity index (χ0) is 24.9. The zero-order valence-electron chi connectivity index (χ0n) is 19.8. The predicted octanol–water partition coefficient (Wildman–Crippen LogP) is 1.66. The van der Waals surface area contributed by atoms with E-state index in [-0.39, 0.29) is 43.1 Å². The monoisotopic (exact) mass is 533 g/mol. The third-order valence-electron chi connectivity index (χ3n) is 7.86. The molecule has 3 fully saturated rings. The number of nitrogens with zero attached hydrogens (tertiary/aromatic N) is 4. The number of anilines is 1. The van der Waals surface area contributed by atoms with Gasteiger partial charge in [0.2, 0.25) is 0 Å². The molecule has 3 aliphatic rings. The Labute approximate surface area is 213 Å². The lowest BCUT2D eigenvalue weighted by Gasteiger charge is -2.21. The van der Waals surface area contributed by atoms with Gasteiger partial charge in [0.1, 0.15) is 10.7 Å². The molecule has 3 aromatic rings. The minimum atomic E-state index is -3.55. The number of hydrogen-bond donors (Lipinski definition) is 5. The van der Waals surface area contributed by atoms with Crippen molar-refractivity contribution in [1.29, 1.82) is 0 Å². The summed E-state index contributed by atoms with van der Waals surface area (Å²) in [5.74, 6) is 0.631. The predicted molar refractivity (Wildman–Crippen MR) is 137 cm³/mol. The van der Waals surface area contributed by atoms with Crippen molar-refractivity contribution < 1.29 is 18.6 Å². The molecule has 3 unspecified atom stereocenters. The van der Waals surface area contributed by atoms with E-state index in [0.717, 1.165) is 64.4 Å². The first-order chi connectivity index (χ1) is 17.4. The fraction of sp³-hybridized carbons (Fsp3) is 0.609. The first-order valence-corrected chi connectivity index (χ1v) is 14.8. The summed E-state index contributed by atoms with van der Waals surface area (Å²) in [6.45, 7) is 0.805. The Hall–Kier alpha value is -2.16. The second-order valence-electron chi connectivity index (χ2n) is 10.1. The minimum absolute atomic E-state index is 0.0306. The van der Waals surface area contributed by atoms with E-state index in [1.165, 1.54) is 15.6 Å². The highest BCUT2D eigenvalue weighted by Crippen LogP contribution is 2.44. The van der Waals surface area contributed by atoms with E-state index in [1.54, 1.807) is 0 Å². The van der Waals surface area contributed by atoms with Gasteiger partial charge in [-0.2, -0.15) is 17.4 Å². The van der Waals surface area contributed by atoms with Crippen molar-refractivity contribution in [3.05, 3.63) is 23.5 Å². The van der Waals surface area contributed by atoms with Gasteiger partial charge in [-0.1, -0.05) is 17.8 Å². The van der Waals surface area contributed by atoms with Crippen molar-refractivity contribution >= 4 is 38.3 Å². The van der Waals surface area contributed by atoms with E-state index >= 15 is 0 Å². The Bertz CT molecular complexity index is 1330. The van der Waals surface area contributed by atoms with Crippen LogP contribution in [0.1, 0.15) is 43.0 Å². The van der Waals surface area contributed by atoms with Gasteiger partial charge in [-0.25, -0.2) is 4.98 Å². The van der Waals surface area contributed by atoms with Gasteiger partial charge in [-0.3, -0.25) is 0 Å². The van der Waals surface area contributed by atoms with Gasteiger partial charge in [0.05, 0.1) is 24.0 Å². The van der Waals surface area contributed by atoms with Gasteiger partial charge in [0.25, 0.3) is 10.2 Å². The van der Waals surface area contributed by atoms with E-state index in [1.807, 2.05) is 18.5 Å². The van der Waals surface area contributed by atoms with E-state index in [4.69, 9.17) is 5.11 Å². The molecule has 1 aliphatic heterocycles. The third kappa shape index (κ3) is 4.41. The van der Waals surface area contributed by atoms with Crippen molar-refractivity contribution in [3.63, 3.8) is 0 Å². The van der Waals surface area contributed by atoms with Crippen molar-refractivity contribution in [2.24, 2.45) is 11.8 Å².